The van der Waals surface area contributed by atoms with Gasteiger partial charge in [-0.05, 0) is 55.3 Å². The van der Waals surface area contributed by atoms with Gasteiger partial charge in [0.2, 0.25) is 21.7 Å². The van der Waals surface area contributed by atoms with Gasteiger partial charge in [0.15, 0.2) is 6.10 Å². The average molecular weight is 491 g/mol. The number of rotatable bonds is 8. The van der Waals surface area contributed by atoms with Crippen LogP contribution < -0.4 is 4.90 Å². The molecule has 1 aliphatic heterocycles. The summed E-state index contributed by atoms with van der Waals surface area (Å²) in [5.41, 5.74) is 1.30. The van der Waals surface area contributed by atoms with Gasteiger partial charge in [-0.3, -0.25) is 9.59 Å². The molecule has 0 bridgehead atoms. The zero-order valence-corrected chi connectivity index (χ0v) is 20.3. The van der Waals surface area contributed by atoms with Gasteiger partial charge in [-0.2, -0.15) is 4.31 Å². The molecule has 34 heavy (non-hydrogen) atoms. The third-order valence-corrected chi connectivity index (χ3v) is 7.84. The summed E-state index contributed by atoms with van der Waals surface area (Å²) in [6.07, 6.45) is -0.637. The molecule has 2 aromatic carbocycles. The number of hydrogen-bond donors (Lipinski definition) is 0. The summed E-state index contributed by atoms with van der Waals surface area (Å²) in [4.78, 5) is 38.6. The molecule has 0 aromatic heterocycles. The number of sulfonamides is 1. The Hall–Kier alpha value is -3.11. The number of hydrogen-bond acceptors (Lipinski definition) is 6. The van der Waals surface area contributed by atoms with E-state index in [0.29, 0.717) is 18.5 Å². The summed E-state index contributed by atoms with van der Waals surface area (Å²) in [5, 5.41) is 0. The van der Waals surface area contributed by atoms with Crippen LogP contribution in [0.1, 0.15) is 54.0 Å². The van der Waals surface area contributed by atoms with Crippen molar-refractivity contribution in [1.82, 2.24) is 4.31 Å². The largest absolute Gasteiger partial charge is 0.451 e. The van der Waals surface area contributed by atoms with Crippen LogP contribution in [0.25, 0.3) is 0 Å². The molecule has 0 fully saturated rings. The van der Waals surface area contributed by atoms with Crippen molar-refractivity contribution < 1.29 is 31.9 Å². The maximum Gasteiger partial charge on any atom is 0.341 e. The van der Waals surface area contributed by atoms with E-state index in [1.807, 2.05) is 0 Å². The molecule has 1 amide bonds. The molecule has 0 spiro atoms. The van der Waals surface area contributed by atoms with Crippen molar-refractivity contribution in [1.29, 1.82) is 0 Å². The van der Waals surface area contributed by atoms with E-state index in [1.54, 1.807) is 36.9 Å². The number of amides is 1. The Morgan fingerprint density at radius 2 is 1.79 bits per heavy atom. The fourth-order valence-electron chi connectivity index (χ4n) is 3.93. The van der Waals surface area contributed by atoms with Crippen LogP contribution in [-0.2, 0) is 26.0 Å². The molecule has 0 radical (unpaired) electrons. The summed E-state index contributed by atoms with van der Waals surface area (Å²) in [7, 11) is -3.91. The predicted octanol–water partition coefficient (Wildman–Crippen LogP) is 3.19. The molecule has 182 valence electrons. The van der Waals surface area contributed by atoms with Crippen molar-refractivity contribution in [3.63, 3.8) is 0 Å². The standard InChI is InChI=1S/C24H27FN2O6S/c1-5-26(6-2)34(31,32)19-8-9-21(25)20(14-19)24(30)33-15(3)23(29)18-7-10-22-17(13-18)11-12-27(22)16(4)28/h7-10,13-15H,5-6,11-12H2,1-4H3. The lowest BCUT2D eigenvalue weighted by Gasteiger charge is -2.19. The summed E-state index contributed by atoms with van der Waals surface area (Å²) in [5.74, 6) is -2.68. The van der Waals surface area contributed by atoms with E-state index in [1.165, 1.54) is 18.2 Å². The lowest BCUT2D eigenvalue weighted by molar-refractivity contribution is -0.116. The number of nitrogens with zero attached hydrogens (tertiary/aromatic N) is 2. The van der Waals surface area contributed by atoms with Crippen molar-refractivity contribution in [3.8, 4) is 0 Å². The van der Waals surface area contributed by atoms with Crippen LogP contribution in [0.15, 0.2) is 41.3 Å². The third kappa shape index (κ3) is 4.88. The van der Waals surface area contributed by atoms with Gasteiger partial charge in [0.1, 0.15) is 5.82 Å². The summed E-state index contributed by atoms with van der Waals surface area (Å²) in [6.45, 7) is 7.13. The second-order valence-corrected chi connectivity index (χ2v) is 9.84. The Kier molecular flexibility index (Phi) is 7.52. The van der Waals surface area contributed by atoms with E-state index in [9.17, 15) is 27.2 Å². The molecule has 0 aliphatic carbocycles. The molecule has 8 nitrogen and oxygen atoms in total. The second-order valence-electron chi connectivity index (χ2n) is 7.91. The highest BCUT2D eigenvalue weighted by atomic mass is 32.2. The second kappa shape index (κ2) is 10.0. The lowest BCUT2D eigenvalue weighted by Crippen LogP contribution is -2.31. The molecule has 0 N–H and O–H groups in total. The first-order valence-electron chi connectivity index (χ1n) is 11.0. The van der Waals surface area contributed by atoms with E-state index < -0.39 is 39.3 Å². The van der Waals surface area contributed by atoms with Crippen LogP contribution in [-0.4, -0.2) is 56.1 Å². The third-order valence-electron chi connectivity index (χ3n) is 5.79. The minimum atomic E-state index is -3.91. The number of carbonyl (C=O) groups excluding carboxylic acids is 3. The number of ether oxygens (including phenoxy) is 1. The Labute approximate surface area is 198 Å². The number of ketones is 1. The Bertz CT molecular complexity index is 1240. The van der Waals surface area contributed by atoms with E-state index in [0.717, 1.165) is 29.4 Å². The summed E-state index contributed by atoms with van der Waals surface area (Å²) in [6, 6.07) is 7.78. The maximum absolute atomic E-state index is 14.4. The fourth-order valence-corrected chi connectivity index (χ4v) is 5.41. The Morgan fingerprint density at radius 3 is 2.41 bits per heavy atom. The fraction of sp³-hybridized carbons (Fsp3) is 0.375. The quantitative estimate of drug-likeness (QED) is 0.416. The number of benzene rings is 2. The van der Waals surface area contributed by atoms with Crippen LogP contribution in [0.2, 0.25) is 0 Å². The molecular weight excluding hydrogens is 463 g/mol. The molecule has 10 heteroatoms. The molecule has 1 aliphatic rings. The van der Waals surface area contributed by atoms with Gasteiger partial charge in [-0.1, -0.05) is 13.8 Å². The van der Waals surface area contributed by atoms with Crippen LogP contribution in [0.5, 0.6) is 0 Å². The number of fused-ring (bicyclic) bond motifs is 1. The SMILES string of the molecule is CCN(CC)S(=O)(=O)c1ccc(F)c(C(=O)OC(C)C(=O)c2ccc3c(c2)CCN3C(C)=O)c1. The number of halogens is 1. The van der Waals surface area contributed by atoms with Crippen LogP contribution in [0, 0.1) is 5.82 Å². The molecule has 1 unspecified atom stereocenters. The predicted molar refractivity (Wildman–Crippen MR) is 124 cm³/mol. The van der Waals surface area contributed by atoms with Crippen molar-refractivity contribution in [2.45, 2.75) is 45.1 Å². The Balaban J connectivity index is 1.80. The minimum Gasteiger partial charge on any atom is -0.451 e. The van der Waals surface area contributed by atoms with Gasteiger partial charge in [-0.25, -0.2) is 17.6 Å². The average Bonchev–Trinajstić information content (AvgIpc) is 3.22. The number of anilines is 1. The van der Waals surface area contributed by atoms with Gasteiger partial charge in [0.25, 0.3) is 0 Å². The molecule has 0 saturated heterocycles. The Morgan fingerprint density at radius 1 is 1.12 bits per heavy atom. The lowest BCUT2D eigenvalue weighted by atomic mass is 10.0. The molecule has 3 rings (SSSR count). The van der Waals surface area contributed by atoms with E-state index >= 15 is 0 Å². The van der Waals surface area contributed by atoms with Crippen LogP contribution in [0.4, 0.5) is 10.1 Å². The molecular formula is C24H27FN2O6S. The monoisotopic (exact) mass is 490 g/mol. The van der Waals surface area contributed by atoms with Crippen molar-refractivity contribution in [3.05, 3.63) is 58.9 Å². The van der Waals surface area contributed by atoms with E-state index in [-0.39, 0.29) is 23.9 Å². The van der Waals surface area contributed by atoms with Gasteiger partial charge in [0, 0.05) is 37.8 Å². The minimum absolute atomic E-state index is 0.0904. The van der Waals surface area contributed by atoms with Crippen molar-refractivity contribution in [2.75, 3.05) is 24.5 Å². The first-order chi connectivity index (χ1) is 16.0. The van der Waals surface area contributed by atoms with Crippen molar-refractivity contribution >= 4 is 33.4 Å². The highest BCUT2D eigenvalue weighted by Gasteiger charge is 2.28. The molecule has 2 aromatic rings. The van der Waals surface area contributed by atoms with Crippen LogP contribution in [0.3, 0.4) is 0 Å². The topological polar surface area (TPSA) is 101 Å². The molecule has 1 heterocycles. The normalized spacial score (nSPS) is 14.1. The van der Waals surface area contributed by atoms with Gasteiger partial charge >= 0.3 is 5.97 Å². The van der Waals surface area contributed by atoms with E-state index in [2.05, 4.69) is 0 Å². The van der Waals surface area contributed by atoms with Gasteiger partial charge in [-0.15, -0.1) is 0 Å². The first kappa shape index (κ1) is 25.5. The highest BCUT2D eigenvalue weighted by molar-refractivity contribution is 7.89. The van der Waals surface area contributed by atoms with Gasteiger partial charge < -0.3 is 9.64 Å². The number of esters is 1. The zero-order valence-electron chi connectivity index (χ0n) is 19.5. The summed E-state index contributed by atoms with van der Waals surface area (Å²) < 4.78 is 46.2. The number of carbonyl (C=O) groups is 3. The summed E-state index contributed by atoms with van der Waals surface area (Å²) >= 11 is 0. The van der Waals surface area contributed by atoms with Gasteiger partial charge in [0.05, 0.1) is 10.5 Å². The first-order valence-corrected chi connectivity index (χ1v) is 12.4. The molecule has 0 saturated carbocycles. The van der Waals surface area contributed by atoms with E-state index in [4.69, 9.17) is 4.74 Å². The zero-order chi connectivity index (χ0) is 25.2. The van der Waals surface area contributed by atoms with Crippen molar-refractivity contribution in [2.24, 2.45) is 0 Å². The number of Topliss-reactive ketones (excluding diaryl/α,β-unsaturated/α-hetero) is 1. The highest BCUT2D eigenvalue weighted by Crippen LogP contribution is 2.29. The van der Waals surface area contributed by atoms with Crippen LogP contribution >= 0.6 is 0 Å². The maximum atomic E-state index is 14.4. The molecule has 1 atom stereocenters. The smallest absolute Gasteiger partial charge is 0.341 e.